The smallest absolute Gasteiger partial charge is 0.0218 e. The summed E-state index contributed by atoms with van der Waals surface area (Å²) in [6.45, 7) is 15.8. The van der Waals surface area contributed by atoms with E-state index in [-0.39, 0.29) is 0 Å². The van der Waals surface area contributed by atoms with Crippen molar-refractivity contribution in [2.24, 2.45) is 17.3 Å². The molecule has 0 aromatic rings. The van der Waals surface area contributed by atoms with Crippen LogP contribution in [-0.4, -0.2) is 36.6 Å². The lowest BCUT2D eigenvalue weighted by Gasteiger charge is -2.43. The monoisotopic (exact) mass is 294 g/mol. The van der Waals surface area contributed by atoms with Gasteiger partial charge in [-0.05, 0) is 55.8 Å². The molecule has 0 radical (unpaired) electrons. The van der Waals surface area contributed by atoms with Gasteiger partial charge in [0.1, 0.15) is 0 Å². The Balaban J connectivity index is 1.83. The van der Waals surface area contributed by atoms with E-state index in [1.807, 2.05) is 0 Å². The SMILES string of the molecule is CCC1CN(CC2CCC(C(C)(C)C)CC2)C(CC)CN1. The molecule has 0 bridgehead atoms. The van der Waals surface area contributed by atoms with Crippen LogP contribution in [0.25, 0.3) is 0 Å². The van der Waals surface area contributed by atoms with Crippen molar-refractivity contribution in [3.63, 3.8) is 0 Å². The number of nitrogens with one attached hydrogen (secondary N) is 1. The molecule has 2 atom stereocenters. The van der Waals surface area contributed by atoms with Crippen molar-refractivity contribution in [2.45, 2.75) is 85.2 Å². The van der Waals surface area contributed by atoms with Crippen molar-refractivity contribution in [1.29, 1.82) is 0 Å². The van der Waals surface area contributed by atoms with Gasteiger partial charge in [0.25, 0.3) is 0 Å². The first kappa shape index (κ1) is 17.3. The summed E-state index contributed by atoms with van der Waals surface area (Å²) in [6, 6.07) is 1.49. The van der Waals surface area contributed by atoms with Gasteiger partial charge in [0.05, 0.1) is 0 Å². The molecule has 124 valence electrons. The zero-order chi connectivity index (χ0) is 15.5. The maximum atomic E-state index is 3.72. The van der Waals surface area contributed by atoms with Crippen molar-refractivity contribution in [1.82, 2.24) is 10.2 Å². The van der Waals surface area contributed by atoms with Crippen LogP contribution in [0.2, 0.25) is 0 Å². The lowest BCUT2D eigenvalue weighted by Crippen LogP contribution is -2.57. The topological polar surface area (TPSA) is 15.3 Å². The molecule has 0 amide bonds. The number of piperazine rings is 1. The molecular weight excluding hydrogens is 256 g/mol. The third-order valence-electron chi connectivity index (χ3n) is 6.14. The van der Waals surface area contributed by atoms with Crippen molar-refractivity contribution < 1.29 is 0 Å². The van der Waals surface area contributed by atoms with Gasteiger partial charge in [-0.25, -0.2) is 0 Å². The molecule has 0 aromatic carbocycles. The minimum absolute atomic E-state index is 0.513. The van der Waals surface area contributed by atoms with Crippen LogP contribution in [0.1, 0.15) is 73.1 Å². The number of hydrogen-bond donors (Lipinski definition) is 1. The minimum atomic E-state index is 0.513. The minimum Gasteiger partial charge on any atom is -0.311 e. The van der Waals surface area contributed by atoms with Gasteiger partial charge in [-0.1, -0.05) is 34.6 Å². The average Bonchev–Trinajstić information content (AvgIpc) is 2.46. The molecule has 1 aliphatic heterocycles. The average molecular weight is 295 g/mol. The second-order valence-electron chi connectivity index (χ2n) is 8.61. The Morgan fingerprint density at radius 1 is 1.00 bits per heavy atom. The first-order valence-electron chi connectivity index (χ1n) is 9.41. The summed E-state index contributed by atoms with van der Waals surface area (Å²) in [5.74, 6) is 1.90. The molecule has 0 aromatic heterocycles. The fraction of sp³-hybridized carbons (Fsp3) is 1.00. The summed E-state index contributed by atoms with van der Waals surface area (Å²) in [4.78, 5) is 2.81. The lowest BCUT2D eigenvalue weighted by molar-refractivity contribution is 0.0766. The zero-order valence-corrected chi connectivity index (χ0v) is 15.1. The molecule has 1 saturated heterocycles. The van der Waals surface area contributed by atoms with E-state index < -0.39 is 0 Å². The predicted octanol–water partition coefficient (Wildman–Crippen LogP) is 4.30. The Morgan fingerprint density at radius 3 is 2.19 bits per heavy atom. The third-order valence-corrected chi connectivity index (χ3v) is 6.14. The van der Waals surface area contributed by atoms with Gasteiger partial charge in [-0.3, -0.25) is 4.90 Å². The third kappa shape index (κ3) is 4.69. The molecular formula is C19H38N2. The second-order valence-corrected chi connectivity index (χ2v) is 8.61. The van der Waals surface area contributed by atoms with Crippen LogP contribution in [0.3, 0.4) is 0 Å². The van der Waals surface area contributed by atoms with Crippen molar-refractivity contribution in [3.8, 4) is 0 Å². The van der Waals surface area contributed by atoms with Gasteiger partial charge in [0.15, 0.2) is 0 Å². The van der Waals surface area contributed by atoms with E-state index in [1.54, 1.807) is 0 Å². The molecule has 2 heteroatoms. The van der Waals surface area contributed by atoms with E-state index in [2.05, 4.69) is 44.8 Å². The van der Waals surface area contributed by atoms with Gasteiger partial charge in [0, 0.05) is 31.7 Å². The lowest BCUT2D eigenvalue weighted by atomic mass is 9.69. The summed E-state index contributed by atoms with van der Waals surface area (Å²) in [5.41, 5.74) is 0.513. The van der Waals surface area contributed by atoms with Crippen molar-refractivity contribution >= 4 is 0 Å². The molecule has 1 saturated carbocycles. The maximum Gasteiger partial charge on any atom is 0.0218 e. The highest BCUT2D eigenvalue weighted by molar-refractivity contribution is 4.88. The van der Waals surface area contributed by atoms with Crippen LogP contribution in [0.4, 0.5) is 0 Å². The number of nitrogens with zero attached hydrogens (tertiary/aromatic N) is 1. The Kier molecular flexibility index (Phi) is 6.14. The van der Waals surface area contributed by atoms with E-state index in [1.165, 1.54) is 58.2 Å². The van der Waals surface area contributed by atoms with Gasteiger partial charge >= 0.3 is 0 Å². The molecule has 1 aliphatic carbocycles. The van der Waals surface area contributed by atoms with E-state index in [0.717, 1.165) is 23.9 Å². The van der Waals surface area contributed by atoms with Crippen LogP contribution >= 0.6 is 0 Å². The first-order chi connectivity index (χ1) is 9.94. The molecule has 2 rings (SSSR count). The number of hydrogen-bond acceptors (Lipinski definition) is 2. The number of rotatable bonds is 4. The summed E-state index contributed by atoms with van der Waals surface area (Å²) in [5, 5.41) is 3.72. The summed E-state index contributed by atoms with van der Waals surface area (Å²) in [6.07, 6.45) is 8.38. The van der Waals surface area contributed by atoms with Crippen LogP contribution in [0, 0.1) is 17.3 Å². The van der Waals surface area contributed by atoms with Crippen LogP contribution in [-0.2, 0) is 0 Å². The van der Waals surface area contributed by atoms with Crippen molar-refractivity contribution in [3.05, 3.63) is 0 Å². The van der Waals surface area contributed by atoms with Gasteiger partial charge < -0.3 is 5.32 Å². The predicted molar refractivity (Wildman–Crippen MR) is 92.6 cm³/mol. The fourth-order valence-corrected chi connectivity index (χ4v) is 4.37. The first-order valence-corrected chi connectivity index (χ1v) is 9.41. The largest absolute Gasteiger partial charge is 0.311 e. The van der Waals surface area contributed by atoms with E-state index in [9.17, 15) is 0 Å². The molecule has 1 N–H and O–H groups in total. The fourth-order valence-electron chi connectivity index (χ4n) is 4.37. The zero-order valence-electron chi connectivity index (χ0n) is 15.1. The highest BCUT2D eigenvalue weighted by Gasteiger charge is 2.32. The van der Waals surface area contributed by atoms with Gasteiger partial charge in [-0.2, -0.15) is 0 Å². The van der Waals surface area contributed by atoms with Gasteiger partial charge in [-0.15, -0.1) is 0 Å². The van der Waals surface area contributed by atoms with E-state index >= 15 is 0 Å². The molecule has 2 unspecified atom stereocenters. The van der Waals surface area contributed by atoms with E-state index in [4.69, 9.17) is 0 Å². The quantitative estimate of drug-likeness (QED) is 0.831. The van der Waals surface area contributed by atoms with E-state index in [0.29, 0.717) is 5.41 Å². The normalized spacial score (nSPS) is 35.9. The van der Waals surface area contributed by atoms with Crippen LogP contribution in [0.5, 0.6) is 0 Å². The second kappa shape index (κ2) is 7.46. The highest BCUT2D eigenvalue weighted by atomic mass is 15.2. The molecule has 2 fully saturated rings. The summed E-state index contributed by atoms with van der Waals surface area (Å²) >= 11 is 0. The Labute approximate surface area is 133 Å². The van der Waals surface area contributed by atoms with Crippen LogP contribution in [0.15, 0.2) is 0 Å². The molecule has 21 heavy (non-hydrogen) atoms. The van der Waals surface area contributed by atoms with Crippen LogP contribution < -0.4 is 5.32 Å². The molecule has 1 heterocycles. The maximum absolute atomic E-state index is 3.72. The Morgan fingerprint density at radius 2 is 1.67 bits per heavy atom. The Bertz CT molecular complexity index is 299. The standard InChI is InChI=1S/C19H38N2/c1-6-17-14-21(18(7-2)12-20-17)13-15-8-10-16(11-9-15)19(3,4)5/h15-18,20H,6-14H2,1-5H3. The highest BCUT2D eigenvalue weighted by Crippen LogP contribution is 2.40. The molecule has 2 aliphatic rings. The Hall–Kier alpha value is -0.0800. The molecule has 2 nitrogen and oxygen atoms in total. The summed E-state index contributed by atoms with van der Waals surface area (Å²) in [7, 11) is 0. The van der Waals surface area contributed by atoms with Gasteiger partial charge in [0.2, 0.25) is 0 Å². The molecule has 0 spiro atoms. The van der Waals surface area contributed by atoms with Crippen molar-refractivity contribution in [2.75, 3.05) is 19.6 Å². The summed E-state index contributed by atoms with van der Waals surface area (Å²) < 4.78 is 0.